The van der Waals surface area contributed by atoms with Crippen LogP contribution in [0.25, 0.3) is 0 Å². The third-order valence-electron chi connectivity index (χ3n) is 6.55. The van der Waals surface area contributed by atoms with Crippen molar-refractivity contribution in [1.29, 1.82) is 0 Å². The van der Waals surface area contributed by atoms with Gasteiger partial charge >= 0.3 is 5.97 Å². The minimum Gasteiger partial charge on any atom is -0.507 e. The minimum absolute atomic E-state index is 0.103. The molecular weight excluding hydrogens is 480 g/mol. The molecule has 0 aromatic heterocycles. The lowest BCUT2D eigenvalue weighted by molar-refractivity contribution is -0.277. The van der Waals surface area contributed by atoms with E-state index in [1.54, 1.807) is 0 Å². The van der Waals surface area contributed by atoms with Crippen molar-refractivity contribution in [3.8, 4) is 11.5 Å². The molecule has 1 aromatic rings. The van der Waals surface area contributed by atoms with Gasteiger partial charge in [-0.05, 0) is 64.5 Å². The molecule has 0 saturated carbocycles. The maximum Gasteiger partial charge on any atom is 0.339 e. The number of carboxylic acid groups (broad SMARTS) is 1. The Bertz CT molecular complexity index is 963. The van der Waals surface area contributed by atoms with E-state index in [2.05, 4.69) is 6.08 Å². The summed E-state index contributed by atoms with van der Waals surface area (Å²) >= 11 is 0. The van der Waals surface area contributed by atoms with Gasteiger partial charge in [0.15, 0.2) is 0 Å². The first-order valence-electron chi connectivity index (χ1n) is 12.9. The van der Waals surface area contributed by atoms with Crippen LogP contribution in [0.3, 0.4) is 0 Å². The number of aryl methyl sites for hydroxylation is 1. The maximum atomic E-state index is 12.1. The number of rotatable bonds is 13. The molecule has 0 radical (unpaired) electrons. The second-order valence-electron chi connectivity index (χ2n) is 9.89. The smallest absolute Gasteiger partial charge is 0.339 e. The molecule has 37 heavy (non-hydrogen) atoms. The summed E-state index contributed by atoms with van der Waals surface area (Å²) in [7, 11) is 0. The number of aliphatic hydroxyl groups is 4. The van der Waals surface area contributed by atoms with Crippen LogP contribution < -0.4 is 4.74 Å². The SMILES string of the molecule is CCCCCc1cc(OC2O[C@H](CO)[C@@H](O)[C@H](O)[C@H]2O)c(C/C=C(\C)CCC=C(C)C)c(O)c1C(=O)O. The number of ether oxygens (including phenoxy) is 2. The predicted octanol–water partition coefficient (Wildman–Crippen LogP) is 3.24. The predicted molar refractivity (Wildman–Crippen MR) is 139 cm³/mol. The fourth-order valence-corrected chi connectivity index (χ4v) is 4.30. The Kier molecular flexibility index (Phi) is 12.1. The van der Waals surface area contributed by atoms with Crippen molar-refractivity contribution >= 4 is 5.97 Å². The molecule has 1 saturated heterocycles. The number of aromatic carboxylic acids is 1. The van der Waals surface area contributed by atoms with Gasteiger partial charge in [-0.3, -0.25) is 0 Å². The average molecular weight is 523 g/mol. The highest BCUT2D eigenvalue weighted by molar-refractivity contribution is 5.93. The molecule has 1 unspecified atom stereocenters. The van der Waals surface area contributed by atoms with Crippen LogP contribution in [-0.4, -0.2) is 73.9 Å². The van der Waals surface area contributed by atoms with E-state index in [-0.39, 0.29) is 23.3 Å². The molecule has 1 aromatic carbocycles. The minimum atomic E-state index is -1.64. The first-order valence-corrected chi connectivity index (χ1v) is 12.9. The van der Waals surface area contributed by atoms with Crippen LogP contribution in [0.1, 0.15) is 81.3 Å². The lowest BCUT2D eigenvalue weighted by Crippen LogP contribution is -2.60. The van der Waals surface area contributed by atoms with Gasteiger partial charge in [0, 0.05) is 5.56 Å². The van der Waals surface area contributed by atoms with E-state index in [4.69, 9.17) is 9.47 Å². The second kappa shape index (κ2) is 14.5. The number of benzene rings is 1. The number of carbonyl (C=O) groups is 1. The number of hydrogen-bond donors (Lipinski definition) is 6. The van der Waals surface area contributed by atoms with Crippen molar-refractivity contribution in [2.24, 2.45) is 0 Å². The van der Waals surface area contributed by atoms with Gasteiger partial charge < -0.3 is 40.1 Å². The molecule has 1 fully saturated rings. The van der Waals surface area contributed by atoms with E-state index in [0.29, 0.717) is 18.4 Å². The molecule has 1 aliphatic heterocycles. The number of carboxylic acids is 1. The van der Waals surface area contributed by atoms with Gasteiger partial charge in [0.1, 0.15) is 41.5 Å². The van der Waals surface area contributed by atoms with Crippen LogP contribution >= 0.6 is 0 Å². The molecule has 208 valence electrons. The van der Waals surface area contributed by atoms with E-state index in [1.165, 1.54) is 11.6 Å². The lowest BCUT2D eigenvalue weighted by atomic mass is 9.94. The standard InChI is InChI=1S/C28H42O9/c1-5-6-7-11-18-14-20(36-28-26(33)25(32)24(31)21(15-29)37-28)19(23(30)22(18)27(34)35)13-12-17(4)10-8-9-16(2)3/h9,12,14,21,24-26,28-33H,5-8,10-11,13,15H2,1-4H3,(H,34,35)/b17-12+/t21-,24-,25+,26-,28?/m1/s1. The average Bonchev–Trinajstić information content (AvgIpc) is 2.83. The van der Waals surface area contributed by atoms with Gasteiger partial charge in [-0.1, -0.05) is 43.1 Å². The summed E-state index contributed by atoms with van der Waals surface area (Å²) in [6.45, 7) is 7.41. The molecule has 0 aliphatic carbocycles. The first kappa shape index (κ1) is 30.8. The summed E-state index contributed by atoms with van der Waals surface area (Å²) in [5, 5.41) is 61.2. The van der Waals surface area contributed by atoms with E-state index < -0.39 is 49.0 Å². The Balaban J connectivity index is 2.49. The molecule has 5 atom stereocenters. The summed E-state index contributed by atoms with van der Waals surface area (Å²) in [5.74, 6) is -1.57. The van der Waals surface area contributed by atoms with Crippen LogP contribution in [0.5, 0.6) is 11.5 Å². The molecular formula is C28H42O9. The van der Waals surface area contributed by atoms with Crippen molar-refractivity contribution in [1.82, 2.24) is 0 Å². The summed E-state index contributed by atoms with van der Waals surface area (Å²) < 4.78 is 11.4. The fraction of sp³-hybridized carbons (Fsp3) is 0.607. The van der Waals surface area contributed by atoms with Crippen LogP contribution in [0.15, 0.2) is 29.4 Å². The van der Waals surface area contributed by atoms with E-state index in [9.17, 15) is 35.4 Å². The quantitative estimate of drug-likeness (QED) is 0.169. The Hall–Kier alpha value is -2.43. The number of hydrogen-bond acceptors (Lipinski definition) is 8. The van der Waals surface area contributed by atoms with E-state index in [1.807, 2.05) is 33.8 Å². The van der Waals surface area contributed by atoms with Crippen molar-refractivity contribution in [2.45, 2.75) is 103 Å². The van der Waals surface area contributed by atoms with Gasteiger partial charge in [0.05, 0.1) is 6.61 Å². The van der Waals surface area contributed by atoms with Crippen molar-refractivity contribution in [2.75, 3.05) is 6.61 Å². The molecule has 1 heterocycles. The zero-order valence-corrected chi connectivity index (χ0v) is 22.2. The Morgan fingerprint density at radius 1 is 1.08 bits per heavy atom. The highest BCUT2D eigenvalue weighted by atomic mass is 16.7. The van der Waals surface area contributed by atoms with Gasteiger partial charge in [-0.2, -0.15) is 0 Å². The number of aliphatic hydroxyl groups excluding tert-OH is 4. The van der Waals surface area contributed by atoms with Gasteiger partial charge in [0.2, 0.25) is 6.29 Å². The zero-order valence-electron chi connectivity index (χ0n) is 22.2. The molecule has 1 aliphatic rings. The van der Waals surface area contributed by atoms with Crippen molar-refractivity contribution in [3.63, 3.8) is 0 Å². The number of allylic oxidation sites excluding steroid dienone is 4. The zero-order chi connectivity index (χ0) is 27.7. The molecule has 0 bridgehead atoms. The third-order valence-corrected chi connectivity index (χ3v) is 6.55. The van der Waals surface area contributed by atoms with Crippen LogP contribution in [-0.2, 0) is 17.6 Å². The summed E-state index contributed by atoms with van der Waals surface area (Å²) in [6.07, 6.45) is 1.26. The number of aromatic hydroxyl groups is 1. The molecule has 6 N–H and O–H groups in total. The largest absolute Gasteiger partial charge is 0.507 e. The highest BCUT2D eigenvalue weighted by Crippen LogP contribution is 2.38. The molecule has 9 nitrogen and oxygen atoms in total. The normalized spacial score (nSPS) is 24.1. The summed E-state index contributed by atoms with van der Waals surface area (Å²) in [4.78, 5) is 12.1. The molecule has 2 rings (SSSR count). The highest BCUT2D eigenvalue weighted by Gasteiger charge is 2.45. The van der Waals surface area contributed by atoms with Crippen LogP contribution in [0.4, 0.5) is 0 Å². The fourth-order valence-electron chi connectivity index (χ4n) is 4.30. The van der Waals surface area contributed by atoms with E-state index >= 15 is 0 Å². The first-order chi connectivity index (χ1) is 17.5. The molecule has 0 spiro atoms. The van der Waals surface area contributed by atoms with Crippen molar-refractivity contribution < 1.29 is 44.9 Å². The lowest BCUT2D eigenvalue weighted by Gasteiger charge is -2.39. The number of phenols is 1. The van der Waals surface area contributed by atoms with E-state index in [0.717, 1.165) is 31.3 Å². The molecule has 9 heteroatoms. The Morgan fingerprint density at radius 2 is 1.78 bits per heavy atom. The maximum absolute atomic E-state index is 12.1. The molecule has 0 amide bonds. The third kappa shape index (κ3) is 8.28. The topological polar surface area (TPSA) is 157 Å². The van der Waals surface area contributed by atoms with Crippen LogP contribution in [0.2, 0.25) is 0 Å². The van der Waals surface area contributed by atoms with Gasteiger partial charge in [-0.15, -0.1) is 0 Å². The van der Waals surface area contributed by atoms with Gasteiger partial charge in [-0.25, -0.2) is 4.79 Å². The van der Waals surface area contributed by atoms with Crippen molar-refractivity contribution in [3.05, 3.63) is 46.1 Å². The summed E-state index contributed by atoms with van der Waals surface area (Å²) in [5.41, 5.74) is 2.65. The number of unbranched alkanes of at least 4 members (excludes halogenated alkanes) is 2. The second-order valence-corrected chi connectivity index (χ2v) is 9.89. The van der Waals surface area contributed by atoms with Crippen LogP contribution in [0, 0.1) is 0 Å². The Morgan fingerprint density at radius 3 is 2.38 bits per heavy atom. The van der Waals surface area contributed by atoms with Gasteiger partial charge in [0.25, 0.3) is 0 Å². The summed E-state index contributed by atoms with van der Waals surface area (Å²) in [6, 6.07) is 1.53. The monoisotopic (exact) mass is 522 g/mol. The Labute approximate surface area is 218 Å².